The number of benzene rings is 1. The van der Waals surface area contributed by atoms with Crippen LogP contribution in [0.5, 0.6) is 0 Å². The van der Waals surface area contributed by atoms with E-state index in [9.17, 15) is 14.7 Å². The SMILES string of the molecule is CCc1cc(-c2ccc(-c3ccc(C=O)s3)s2)ccc1C(=O)O. The van der Waals surface area contributed by atoms with Crippen molar-refractivity contribution < 1.29 is 14.7 Å². The van der Waals surface area contributed by atoms with Gasteiger partial charge in [0.15, 0.2) is 6.29 Å². The molecule has 3 rings (SSSR count). The standard InChI is InChI=1S/C18H14O3S2/c1-2-11-9-12(3-5-14(11)18(20)21)15-7-8-17(23-15)16-6-4-13(10-19)22-16/h3-10H,2H2,1H3,(H,20,21). The zero-order chi connectivity index (χ0) is 16.4. The van der Waals surface area contributed by atoms with Crippen molar-refractivity contribution in [3.05, 3.63) is 58.5 Å². The number of carbonyl (C=O) groups is 2. The summed E-state index contributed by atoms with van der Waals surface area (Å²) in [6.07, 6.45) is 1.54. The highest BCUT2D eigenvalue weighted by atomic mass is 32.1. The molecule has 23 heavy (non-hydrogen) atoms. The molecule has 0 aliphatic heterocycles. The third kappa shape index (κ3) is 3.11. The summed E-state index contributed by atoms with van der Waals surface area (Å²) in [6.45, 7) is 1.96. The van der Waals surface area contributed by atoms with Gasteiger partial charge in [-0.2, -0.15) is 0 Å². The maximum atomic E-state index is 11.2. The highest BCUT2D eigenvalue weighted by Gasteiger charge is 2.12. The molecule has 0 aliphatic carbocycles. The molecule has 0 unspecified atom stereocenters. The molecular weight excluding hydrogens is 328 g/mol. The Morgan fingerprint density at radius 1 is 1.04 bits per heavy atom. The topological polar surface area (TPSA) is 54.4 Å². The summed E-state index contributed by atoms with van der Waals surface area (Å²) in [5, 5.41) is 9.21. The first-order chi connectivity index (χ1) is 11.1. The molecule has 3 nitrogen and oxygen atoms in total. The highest BCUT2D eigenvalue weighted by Crippen LogP contribution is 2.37. The van der Waals surface area contributed by atoms with Gasteiger partial charge in [-0.15, -0.1) is 22.7 Å². The number of aromatic carboxylic acids is 1. The summed E-state index contributed by atoms with van der Waals surface area (Å²) < 4.78 is 0. The number of aryl methyl sites for hydroxylation is 1. The minimum Gasteiger partial charge on any atom is -0.478 e. The fourth-order valence-electron chi connectivity index (χ4n) is 2.42. The zero-order valence-corrected chi connectivity index (χ0v) is 14.0. The number of carboxylic acid groups (broad SMARTS) is 1. The van der Waals surface area contributed by atoms with Gasteiger partial charge in [0.25, 0.3) is 0 Å². The molecule has 0 saturated carbocycles. The van der Waals surface area contributed by atoms with Gasteiger partial charge in [-0.3, -0.25) is 4.79 Å². The Bertz CT molecular complexity index is 874. The van der Waals surface area contributed by atoms with Crippen LogP contribution in [0.1, 0.15) is 32.5 Å². The van der Waals surface area contributed by atoms with Gasteiger partial charge < -0.3 is 5.11 Å². The Hall–Kier alpha value is -2.24. The van der Waals surface area contributed by atoms with Gasteiger partial charge in [-0.1, -0.05) is 13.0 Å². The van der Waals surface area contributed by atoms with Crippen molar-refractivity contribution >= 4 is 34.9 Å². The molecular formula is C18H14O3S2. The van der Waals surface area contributed by atoms with Crippen LogP contribution in [0.4, 0.5) is 0 Å². The van der Waals surface area contributed by atoms with E-state index in [4.69, 9.17) is 0 Å². The molecule has 0 spiro atoms. The lowest BCUT2D eigenvalue weighted by molar-refractivity contribution is 0.0695. The van der Waals surface area contributed by atoms with E-state index >= 15 is 0 Å². The average Bonchev–Trinajstić information content (AvgIpc) is 3.22. The Kier molecular flexibility index (Phi) is 4.41. The van der Waals surface area contributed by atoms with E-state index < -0.39 is 5.97 Å². The minimum absolute atomic E-state index is 0.363. The predicted molar refractivity (Wildman–Crippen MR) is 94.8 cm³/mol. The second-order valence-electron chi connectivity index (χ2n) is 5.01. The Morgan fingerprint density at radius 2 is 1.74 bits per heavy atom. The van der Waals surface area contributed by atoms with Crippen molar-refractivity contribution in [2.45, 2.75) is 13.3 Å². The van der Waals surface area contributed by atoms with Gasteiger partial charge in [-0.25, -0.2) is 4.79 Å². The Labute approximate surface area is 141 Å². The van der Waals surface area contributed by atoms with Gasteiger partial charge in [0.1, 0.15) is 0 Å². The number of thiophene rings is 2. The molecule has 2 aromatic heterocycles. The summed E-state index contributed by atoms with van der Waals surface area (Å²) in [7, 11) is 0. The maximum Gasteiger partial charge on any atom is 0.335 e. The van der Waals surface area contributed by atoms with E-state index in [1.807, 2.05) is 43.3 Å². The molecule has 1 N–H and O–H groups in total. The predicted octanol–water partition coefficient (Wildman–Crippen LogP) is 5.22. The van der Waals surface area contributed by atoms with E-state index in [-0.39, 0.29) is 0 Å². The summed E-state index contributed by atoms with van der Waals surface area (Å²) in [6, 6.07) is 13.3. The summed E-state index contributed by atoms with van der Waals surface area (Å²) in [5.41, 5.74) is 2.22. The number of carboxylic acids is 1. The van der Waals surface area contributed by atoms with E-state index in [0.29, 0.717) is 16.9 Å². The smallest absolute Gasteiger partial charge is 0.335 e. The Morgan fingerprint density at radius 3 is 2.39 bits per heavy atom. The fraction of sp³-hybridized carbons (Fsp3) is 0.111. The first-order valence-corrected chi connectivity index (χ1v) is 8.77. The number of aldehydes is 1. The van der Waals surface area contributed by atoms with Crippen LogP contribution in [0.15, 0.2) is 42.5 Å². The number of hydrogen-bond donors (Lipinski definition) is 1. The van der Waals surface area contributed by atoms with Crippen LogP contribution in [-0.2, 0) is 6.42 Å². The van der Waals surface area contributed by atoms with Crippen molar-refractivity contribution in [1.29, 1.82) is 0 Å². The second-order valence-corrected chi connectivity index (χ2v) is 7.21. The number of rotatable bonds is 5. The van der Waals surface area contributed by atoms with Gasteiger partial charge >= 0.3 is 5.97 Å². The van der Waals surface area contributed by atoms with Crippen LogP contribution < -0.4 is 0 Å². The van der Waals surface area contributed by atoms with Gasteiger partial charge in [0.05, 0.1) is 10.4 Å². The molecule has 0 saturated heterocycles. The zero-order valence-electron chi connectivity index (χ0n) is 12.4. The largest absolute Gasteiger partial charge is 0.478 e. The molecule has 0 fully saturated rings. The van der Waals surface area contributed by atoms with E-state index in [2.05, 4.69) is 0 Å². The Balaban J connectivity index is 1.96. The molecule has 0 aliphatic rings. The quantitative estimate of drug-likeness (QED) is 0.647. The summed E-state index contributed by atoms with van der Waals surface area (Å²) in [4.78, 5) is 26.0. The molecule has 0 amide bonds. The second kappa shape index (κ2) is 6.48. The first-order valence-electron chi connectivity index (χ1n) is 7.14. The van der Waals surface area contributed by atoms with Crippen molar-refractivity contribution in [3.8, 4) is 20.2 Å². The van der Waals surface area contributed by atoms with Crippen molar-refractivity contribution in [2.75, 3.05) is 0 Å². The lowest BCUT2D eigenvalue weighted by Gasteiger charge is -2.06. The molecule has 2 heterocycles. The first kappa shape index (κ1) is 15.6. The van der Waals surface area contributed by atoms with Crippen LogP contribution in [-0.4, -0.2) is 17.4 Å². The van der Waals surface area contributed by atoms with Gasteiger partial charge in [0, 0.05) is 14.6 Å². The van der Waals surface area contributed by atoms with E-state index in [1.54, 1.807) is 17.4 Å². The minimum atomic E-state index is -0.889. The third-order valence-corrected chi connectivity index (χ3v) is 5.93. The number of hydrogen-bond acceptors (Lipinski definition) is 4. The van der Waals surface area contributed by atoms with E-state index in [1.165, 1.54) is 11.3 Å². The van der Waals surface area contributed by atoms with Gasteiger partial charge in [-0.05, 0) is 53.9 Å². The third-order valence-electron chi connectivity index (χ3n) is 3.59. The highest BCUT2D eigenvalue weighted by molar-refractivity contribution is 7.24. The van der Waals surface area contributed by atoms with Crippen LogP contribution in [0.25, 0.3) is 20.2 Å². The summed E-state index contributed by atoms with van der Waals surface area (Å²) >= 11 is 3.12. The van der Waals surface area contributed by atoms with Crippen LogP contribution in [0, 0.1) is 0 Å². The van der Waals surface area contributed by atoms with Gasteiger partial charge in [0.2, 0.25) is 0 Å². The molecule has 116 valence electrons. The van der Waals surface area contributed by atoms with Crippen LogP contribution in [0.2, 0.25) is 0 Å². The number of carbonyl (C=O) groups excluding carboxylic acids is 1. The molecule has 0 bridgehead atoms. The molecule has 1 aromatic carbocycles. The summed E-state index contributed by atoms with van der Waals surface area (Å²) in [5.74, 6) is -0.889. The molecule has 3 aromatic rings. The monoisotopic (exact) mass is 342 g/mol. The average molecular weight is 342 g/mol. The van der Waals surface area contributed by atoms with Crippen molar-refractivity contribution in [3.63, 3.8) is 0 Å². The lowest BCUT2D eigenvalue weighted by atomic mass is 10.0. The molecule has 0 atom stereocenters. The van der Waals surface area contributed by atoms with Crippen molar-refractivity contribution in [1.82, 2.24) is 0 Å². The van der Waals surface area contributed by atoms with E-state index in [0.717, 1.165) is 32.0 Å². The van der Waals surface area contributed by atoms with Crippen LogP contribution >= 0.6 is 22.7 Å². The molecule has 5 heteroatoms. The maximum absolute atomic E-state index is 11.2. The normalized spacial score (nSPS) is 10.7. The molecule has 0 radical (unpaired) electrons. The lowest BCUT2D eigenvalue weighted by Crippen LogP contribution is -2.01. The fourth-order valence-corrected chi connectivity index (χ4v) is 4.34. The van der Waals surface area contributed by atoms with Crippen molar-refractivity contribution in [2.24, 2.45) is 0 Å². The van der Waals surface area contributed by atoms with Crippen LogP contribution in [0.3, 0.4) is 0 Å².